The molecule has 1 N–H and O–H groups in total. The van der Waals surface area contributed by atoms with Crippen LogP contribution in [0.25, 0.3) is 0 Å². The minimum absolute atomic E-state index is 0.0392. The first kappa shape index (κ1) is 13.2. The van der Waals surface area contributed by atoms with Gasteiger partial charge in [0.05, 0.1) is 5.92 Å². The summed E-state index contributed by atoms with van der Waals surface area (Å²) in [5, 5.41) is 8.94. The molecule has 2 rings (SSSR count). The zero-order valence-electron chi connectivity index (χ0n) is 11.0. The average Bonchev–Trinajstić information content (AvgIpc) is 2.97. The van der Waals surface area contributed by atoms with Crippen molar-refractivity contribution < 1.29 is 14.7 Å². The van der Waals surface area contributed by atoms with Crippen LogP contribution in [-0.4, -0.2) is 53.1 Å². The lowest BCUT2D eigenvalue weighted by atomic mass is 10.0. The van der Waals surface area contributed by atoms with Crippen molar-refractivity contribution in [2.24, 2.45) is 11.8 Å². The van der Waals surface area contributed by atoms with Gasteiger partial charge in [-0.2, -0.15) is 0 Å². The van der Waals surface area contributed by atoms with Crippen LogP contribution in [0.15, 0.2) is 0 Å². The van der Waals surface area contributed by atoms with Crippen LogP contribution in [0.2, 0.25) is 0 Å². The Morgan fingerprint density at radius 3 is 2.44 bits per heavy atom. The van der Waals surface area contributed by atoms with Crippen LogP contribution >= 0.6 is 0 Å². The van der Waals surface area contributed by atoms with E-state index in [1.807, 2.05) is 4.90 Å². The van der Waals surface area contributed by atoms with Gasteiger partial charge >= 0.3 is 12.0 Å². The minimum atomic E-state index is -0.782. The van der Waals surface area contributed by atoms with Gasteiger partial charge in [-0.05, 0) is 25.2 Å². The van der Waals surface area contributed by atoms with E-state index in [-0.39, 0.29) is 11.9 Å². The summed E-state index contributed by atoms with van der Waals surface area (Å²) in [7, 11) is 0. The number of carboxylic acid groups (broad SMARTS) is 1. The molecule has 2 saturated heterocycles. The molecule has 5 nitrogen and oxygen atoms in total. The molecule has 2 fully saturated rings. The zero-order chi connectivity index (χ0) is 13.1. The van der Waals surface area contributed by atoms with Crippen molar-refractivity contribution in [3.63, 3.8) is 0 Å². The summed E-state index contributed by atoms with van der Waals surface area (Å²) in [5.41, 5.74) is 0. The second kappa shape index (κ2) is 5.59. The number of likely N-dealkylation sites (tertiary alicyclic amines) is 2. The van der Waals surface area contributed by atoms with E-state index in [1.54, 1.807) is 4.90 Å². The number of carboxylic acids is 1. The molecule has 0 aromatic heterocycles. The lowest BCUT2D eigenvalue weighted by Crippen LogP contribution is -2.41. The second-order valence-electron chi connectivity index (χ2n) is 5.44. The van der Waals surface area contributed by atoms with Gasteiger partial charge in [0.15, 0.2) is 0 Å². The first-order chi connectivity index (χ1) is 8.61. The highest BCUT2D eigenvalue weighted by Crippen LogP contribution is 2.24. The number of urea groups is 1. The monoisotopic (exact) mass is 254 g/mol. The Labute approximate surface area is 108 Å². The number of carbonyl (C=O) groups is 2. The Hall–Kier alpha value is -1.26. The number of hydrogen-bond acceptors (Lipinski definition) is 2. The fourth-order valence-electron chi connectivity index (χ4n) is 2.99. The summed E-state index contributed by atoms with van der Waals surface area (Å²) in [6.07, 6.45) is 4.03. The average molecular weight is 254 g/mol. The molecule has 2 amide bonds. The number of amides is 2. The van der Waals surface area contributed by atoms with Crippen molar-refractivity contribution in [2.45, 2.75) is 32.6 Å². The van der Waals surface area contributed by atoms with Crippen molar-refractivity contribution >= 4 is 12.0 Å². The summed E-state index contributed by atoms with van der Waals surface area (Å²) < 4.78 is 0. The van der Waals surface area contributed by atoms with E-state index in [2.05, 4.69) is 6.92 Å². The van der Waals surface area contributed by atoms with Gasteiger partial charge in [0.2, 0.25) is 0 Å². The molecule has 0 spiro atoms. The molecule has 0 radical (unpaired) electrons. The Morgan fingerprint density at radius 1 is 1.17 bits per heavy atom. The third-order valence-electron chi connectivity index (χ3n) is 4.06. The topological polar surface area (TPSA) is 60.9 Å². The van der Waals surface area contributed by atoms with Gasteiger partial charge in [-0.3, -0.25) is 4.79 Å². The largest absolute Gasteiger partial charge is 0.481 e. The lowest BCUT2D eigenvalue weighted by molar-refractivity contribution is -0.141. The summed E-state index contributed by atoms with van der Waals surface area (Å²) >= 11 is 0. The molecule has 0 saturated carbocycles. The van der Waals surface area contributed by atoms with E-state index in [1.165, 1.54) is 6.42 Å². The Kier molecular flexibility index (Phi) is 4.09. The third kappa shape index (κ3) is 2.76. The fraction of sp³-hybridized carbons (Fsp3) is 0.846. The second-order valence-corrected chi connectivity index (χ2v) is 5.44. The standard InChI is InChI=1S/C13H22N2O3/c1-2-3-10-4-6-14(8-10)13(18)15-7-5-11(9-15)12(16)17/h10-11H,2-9H2,1H3,(H,16,17). The summed E-state index contributed by atoms with van der Waals surface area (Å²) in [6, 6.07) is 0.0392. The molecular formula is C13H22N2O3. The van der Waals surface area contributed by atoms with Crippen molar-refractivity contribution in [1.82, 2.24) is 9.80 Å². The Balaban J connectivity index is 1.84. The van der Waals surface area contributed by atoms with Crippen LogP contribution in [-0.2, 0) is 4.79 Å². The van der Waals surface area contributed by atoms with Gasteiger partial charge in [-0.15, -0.1) is 0 Å². The first-order valence-corrected chi connectivity index (χ1v) is 6.88. The molecule has 0 aromatic rings. The van der Waals surface area contributed by atoms with Crippen LogP contribution in [0, 0.1) is 11.8 Å². The third-order valence-corrected chi connectivity index (χ3v) is 4.06. The number of rotatable bonds is 3. The van der Waals surface area contributed by atoms with E-state index in [9.17, 15) is 9.59 Å². The predicted octanol–water partition coefficient (Wildman–Crippen LogP) is 1.63. The maximum Gasteiger partial charge on any atom is 0.320 e. The molecule has 2 heterocycles. The normalized spacial score (nSPS) is 27.8. The molecule has 0 aromatic carbocycles. The molecular weight excluding hydrogens is 232 g/mol. The maximum atomic E-state index is 12.2. The minimum Gasteiger partial charge on any atom is -0.481 e. The van der Waals surface area contributed by atoms with Crippen LogP contribution < -0.4 is 0 Å². The Morgan fingerprint density at radius 2 is 1.83 bits per heavy atom. The summed E-state index contributed by atoms with van der Waals surface area (Å²) in [6.45, 7) is 4.81. The number of hydrogen-bond donors (Lipinski definition) is 1. The van der Waals surface area contributed by atoms with Crippen molar-refractivity contribution in [3.8, 4) is 0 Å². The van der Waals surface area contributed by atoms with Gasteiger partial charge in [0.1, 0.15) is 0 Å². The van der Waals surface area contributed by atoms with Gasteiger partial charge < -0.3 is 14.9 Å². The molecule has 102 valence electrons. The predicted molar refractivity (Wildman–Crippen MR) is 67.3 cm³/mol. The maximum absolute atomic E-state index is 12.2. The smallest absolute Gasteiger partial charge is 0.320 e. The molecule has 2 atom stereocenters. The highest BCUT2D eigenvalue weighted by Gasteiger charge is 2.35. The summed E-state index contributed by atoms with van der Waals surface area (Å²) in [4.78, 5) is 26.7. The molecule has 2 unspecified atom stereocenters. The molecule has 0 aliphatic carbocycles. The van der Waals surface area contributed by atoms with Gasteiger partial charge in [-0.1, -0.05) is 13.3 Å². The first-order valence-electron chi connectivity index (χ1n) is 6.88. The number of aliphatic carboxylic acids is 1. The van der Waals surface area contributed by atoms with E-state index >= 15 is 0 Å². The van der Waals surface area contributed by atoms with E-state index in [0.717, 1.165) is 25.9 Å². The van der Waals surface area contributed by atoms with Crippen LogP contribution in [0.5, 0.6) is 0 Å². The van der Waals surface area contributed by atoms with Gasteiger partial charge in [0.25, 0.3) is 0 Å². The number of carbonyl (C=O) groups excluding carboxylic acids is 1. The van der Waals surface area contributed by atoms with Crippen molar-refractivity contribution in [1.29, 1.82) is 0 Å². The molecule has 18 heavy (non-hydrogen) atoms. The highest BCUT2D eigenvalue weighted by molar-refractivity contribution is 5.77. The fourth-order valence-corrected chi connectivity index (χ4v) is 2.99. The highest BCUT2D eigenvalue weighted by atomic mass is 16.4. The van der Waals surface area contributed by atoms with Crippen LogP contribution in [0.1, 0.15) is 32.6 Å². The van der Waals surface area contributed by atoms with Gasteiger partial charge in [-0.25, -0.2) is 4.79 Å². The Bertz CT molecular complexity index is 332. The van der Waals surface area contributed by atoms with E-state index in [0.29, 0.717) is 25.4 Å². The molecule has 0 bridgehead atoms. The quantitative estimate of drug-likeness (QED) is 0.832. The van der Waals surface area contributed by atoms with Crippen LogP contribution in [0.3, 0.4) is 0 Å². The summed E-state index contributed by atoms with van der Waals surface area (Å²) in [5.74, 6) is -0.518. The molecule has 2 aliphatic rings. The zero-order valence-corrected chi connectivity index (χ0v) is 11.0. The van der Waals surface area contributed by atoms with E-state index < -0.39 is 5.97 Å². The van der Waals surface area contributed by atoms with Crippen LogP contribution in [0.4, 0.5) is 4.79 Å². The van der Waals surface area contributed by atoms with Gasteiger partial charge in [0, 0.05) is 26.2 Å². The molecule has 5 heteroatoms. The van der Waals surface area contributed by atoms with Crippen molar-refractivity contribution in [3.05, 3.63) is 0 Å². The van der Waals surface area contributed by atoms with Crippen molar-refractivity contribution in [2.75, 3.05) is 26.2 Å². The lowest BCUT2D eigenvalue weighted by Gasteiger charge is -2.24. The SMILES string of the molecule is CCCC1CCN(C(=O)N2CCC(C(=O)O)C2)C1. The number of nitrogens with zero attached hydrogens (tertiary/aromatic N) is 2. The van der Waals surface area contributed by atoms with E-state index in [4.69, 9.17) is 5.11 Å². The molecule has 2 aliphatic heterocycles.